The molecule has 17 heavy (non-hydrogen) atoms. The molecule has 0 heterocycles. The van der Waals surface area contributed by atoms with Crippen LogP contribution in [0.15, 0.2) is 0 Å². The fourth-order valence-electron chi connectivity index (χ4n) is 1.96. The van der Waals surface area contributed by atoms with Crippen molar-refractivity contribution in [3.8, 4) is 0 Å². The third kappa shape index (κ3) is 5.01. The lowest BCUT2D eigenvalue weighted by Gasteiger charge is -2.22. The average Bonchev–Trinajstić information content (AvgIpc) is 2.46. The van der Waals surface area contributed by atoms with Gasteiger partial charge in [0.05, 0.1) is 5.92 Å². The van der Waals surface area contributed by atoms with Gasteiger partial charge >= 0.3 is 5.97 Å². The molecule has 0 spiro atoms. The standard InChI is InChI=1S/C10H20N2O4S/c1-10(2,3)12-17(15,16)11-8-5-4-7(6-8)9(13)14/h7-8,11-12H,4-6H2,1-3H3,(H,13,14). The van der Waals surface area contributed by atoms with Crippen LogP contribution >= 0.6 is 0 Å². The minimum absolute atomic E-state index is 0.282. The molecule has 6 nitrogen and oxygen atoms in total. The molecule has 7 heteroatoms. The lowest BCUT2D eigenvalue weighted by atomic mass is 10.1. The number of carbonyl (C=O) groups is 1. The number of carboxylic acids is 1. The SMILES string of the molecule is CC(C)(C)NS(=O)(=O)NC1CCC(C(=O)O)C1. The van der Waals surface area contributed by atoms with E-state index in [0.29, 0.717) is 19.3 Å². The third-order valence-corrected chi connectivity index (χ3v) is 4.07. The van der Waals surface area contributed by atoms with Crippen molar-refractivity contribution in [1.29, 1.82) is 0 Å². The second-order valence-corrected chi connectivity index (χ2v) is 6.97. The van der Waals surface area contributed by atoms with Crippen molar-refractivity contribution in [3.63, 3.8) is 0 Å². The van der Waals surface area contributed by atoms with E-state index in [1.165, 1.54) is 0 Å². The topological polar surface area (TPSA) is 95.5 Å². The molecule has 0 radical (unpaired) electrons. The first-order chi connectivity index (χ1) is 7.59. The number of nitrogens with one attached hydrogen (secondary N) is 2. The maximum absolute atomic E-state index is 11.7. The van der Waals surface area contributed by atoms with Gasteiger partial charge in [0.25, 0.3) is 10.2 Å². The van der Waals surface area contributed by atoms with Gasteiger partial charge in [0.15, 0.2) is 0 Å². The molecule has 0 bridgehead atoms. The molecule has 0 saturated heterocycles. The van der Waals surface area contributed by atoms with E-state index < -0.39 is 27.6 Å². The second-order valence-electron chi connectivity index (χ2n) is 5.52. The first-order valence-corrected chi connectivity index (χ1v) is 7.11. The third-order valence-electron chi connectivity index (χ3n) is 2.54. The van der Waals surface area contributed by atoms with E-state index >= 15 is 0 Å². The number of aliphatic carboxylic acids is 1. The highest BCUT2D eigenvalue weighted by molar-refractivity contribution is 7.87. The van der Waals surface area contributed by atoms with Crippen molar-refractivity contribution in [2.24, 2.45) is 5.92 Å². The van der Waals surface area contributed by atoms with E-state index in [-0.39, 0.29) is 6.04 Å². The minimum Gasteiger partial charge on any atom is -0.481 e. The van der Waals surface area contributed by atoms with Gasteiger partial charge in [-0.2, -0.15) is 17.9 Å². The molecular formula is C10H20N2O4S. The van der Waals surface area contributed by atoms with Gasteiger partial charge < -0.3 is 5.11 Å². The zero-order chi connectivity index (χ0) is 13.3. The van der Waals surface area contributed by atoms with Crippen LogP contribution in [-0.4, -0.2) is 31.1 Å². The number of carboxylic acid groups (broad SMARTS) is 1. The van der Waals surface area contributed by atoms with Gasteiger partial charge in [-0.3, -0.25) is 4.79 Å². The van der Waals surface area contributed by atoms with E-state index in [4.69, 9.17) is 5.11 Å². The summed E-state index contributed by atoms with van der Waals surface area (Å²) < 4.78 is 28.4. The monoisotopic (exact) mass is 264 g/mol. The van der Waals surface area contributed by atoms with Crippen molar-refractivity contribution >= 4 is 16.2 Å². The molecular weight excluding hydrogens is 244 g/mol. The molecule has 1 saturated carbocycles. The Morgan fingerprint density at radius 3 is 2.29 bits per heavy atom. The van der Waals surface area contributed by atoms with Crippen molar-refractivity contribution in [2.75, 3.05) is 0 Å². The first kappa shape index (κ1) is 14.4. The summed E-state index contributed by atoms with van der Waals surface area (Å²) in [6, 6.07) is -0.282. The summed E-state index contributed by atoms with van der Waals surface area (Å²) in [4.78, 5) is 10.7. The predicted molar refractivity (Wildman–Crippen MR) is 63.7 cm³/mol. The fraction of sp³-hybridized carbons (Fsp3) is 0.900. The maximum Gasteiger partial charge on any atom is 0.306 e. The van der Waals surface area contributed by atoms with Crippen LogP contribution < -0.4 is 9.44 Å². The van der Waals surface area contributed by atoms with E-state index in [9.17, 15) is 13.2 Å². The zero-order valence-electron chi connectivity index (χ0n) is 10.4. The van der Waals surface area contributed by atoms with Gasteiger partial charge in [-0.05, 0) is 40.0 Å². The summed E-state index contributed by atoms with van der Waals surface area (Å²) >= 11 is 0. The smallest absolute Gasteiger partial charge is 0.306 e. The summed E-state index contributed by atoms with van der Waals surface area (Å²) in [6.45, 7) is 5.25. The first-order valence-electron chi connectivity index (χ1n) is 5.63. The Labute approximate surface area is 102 Å². The predicted octanol–water partition coefficient (Wildman–Crippen LogP) is 0.462. The average molecular weight is 264 g/mol. The van der Waals surface area contributed by atoms with E-state index in [0.717, 1.165) is 0 Å². The fourth-order valence-corrected chi connectivity index (χ4v) is 3.48. The molecule has 0 aromatic heterocycles. The quantitative estimate of drug-likeness (QED) is 0.687. The number of rotatable bonds is 4. The summed E-state index contributed by atoms with van der Waals surface area (Å²) in [5.41, 5.74) is -0.545. The normalized spacial score (nSPS) is 26.1. The Kier molecular flexibility index (Phi) is 4.16. The van der Waals surface area contributed by atoms with Crippen LogP contribution in [0, 0.1) is 5.92 Å². The van der Waals surface area contributed by atoms with E-state index in [1.54, 1.807) is 20.8 Å². The number of hydrogen-bond donors (Lipinski definition) is 3. The highest BCUT2D eigenvalue weighted by atomic mass is 32.2. The number of hydrogen-bond acceptors (Lipinski definition) is 3. The van der Waals surface area contributed by atoms with Crippen molar-refractivity contribution in [1.82, 2.24) is 9.44 Å². The molecule has 0 aliphatic heterocycles. The summed E-state index contributed by atoms with van der Waals surface area (Å²) in [7, 11) is -3.56. The summed E-state index contributed by atoms with van der Waals surface area (Å²) in [5.74, 6) is -1.28. The summed E-state index contributed by atoms with van der Waals surface area (Å²) in [6.07, 6.45) is 1.46. The Balaban J connectivity index is 2.53. The van der Waals surface area contributed by atoms with E-state index in [2.05, 4.69) is 9.44 Å². The molecule has 1 aliphatic rings. The maximum atomic E-state index is 11.7. The highest BCUT2D eigenvalue weighted by Crippen LogP contribution is 2.26. The molecule has 0 amide bonds. The largest absolute Gasteiger partial charge is 0.481 e. The second kappa shape index (κ2) is 4.91. The summed E-state index contributed by atoms with van der Waals surface area (Å²) in [5, 5.41) is 8.82. The lowest BCUT2D eigenvalue weighted by molar-refractivity contribution is -0.141. The van der Waals surface area contributed by atoms with Gasteiger partial charge in [-0.15, -0.1) is 0 Å². The van der Waals surface area contributed by atoms with Gasteiger partial charge in [0.1, 0.15) is 0 Å². The Bertz CT molecular complexity index is 386. The van der Waals surface area contributed by atoms with Crippen LogP contribution in [0.2, 0.25) is 0 Å². The minimum atomic E-state index is -3.56. The molecule has 1 aliphatic carbocycles. The Morgan fingerprint density at radius 2 is 1.88 bits per heavy atom. The molecule has 2 atom stereocenters. The zero-order valence-corrected chi connectivity index (χ0v) is 11.2. The molecule has 100 valence electrons. The van der Waals surface area contributed by atoms with Crippen LogP contribution in [0.5, 0.6) is 0 Å². The van der Waals surface area contributed by atoms with Crippen molar-refractivity contribution in [2.45, 2.75) is 51.6 Å². The van der Waals surface area contributed by atoms with Crippen LogP contribution in [0.4, 0.5) is 0 Å². The van der Waals surface area contributed by atoms with Crippen LogP contribution in [0.1, 0.15) is 40.0 Å². The molecule has 0 aromatic carbocycles. The molecule has 1 fully saturated rings. The Morgan fingerprint density at radius 1 is 1.29 bits per heavy atom. The Hall–Kier alpha value is -0.660. The van der Waals surface area contributed by atoms with Crippen LogP contribution in [-0.2, 0) is 15.0 Å². The van der Waals surface area contributed by atoms with Crippen LogP contribution in [0.25, 0.3) is 0 Å². The van der Waals surface area contributed by atoms with E-state index in [1.807, 2.05) is 0 Å². The molecule has 3 N–H and O–H groups in total. The van der Waals surface area contributed by atoms with Crippen molar-refractivity contribution < 1.29 is 18.3 Å². The van der Waals surface area contributed by atoms with Gasteiger partial charge in [0.2, 0.25) is 0 Å². The molecule has 1 rings (SSSR count). The molecule has 0 aromatic rings. The van der Waals surface area contributed by atoms with Gasteiger partial charge in [-0.1, -0.05) is 0 Å². The van der Waals surface area contributed by atoms with Gasteiger partial charge in [0, 0.05) is 11.6 Å². The van der Waals surface area contributed by atoms with Crippen molar-refractivity contribution in [3.05, 3.63) is 0 Å². The lowest BCUT2D eigenvalue weighted by Crippen LogP contribution is -2.49. The molecule has 2 unspecified atom stereocenters. The highest BCUT2D eigenvalue weighted by Gasteiger charge is 2.32. The van der Waals surface area contributed by atoms with Gasteiger partial charge in [-0.25, -0.2) is 0 Å². The van der Waals surface area contributed by atoms with Crippen LogP contribution in [0.3, 0.4) is 0 Å².